The summed E-state index contributed by atoms with van der Waals surface area (Å²) in [6.45, 7) is 0. The van der Waals surface area contributed by atoms with Crippen LogP contribution in [0.5, 0.6) is 5.75 Å². The van der Waals surface area contributed by atoms with Crippen LogP contribution in [0, 0.1) is 0 Å². The molecule has 3 aromatic rings. The van der Waals surface area contributed by atoms with Crippen molar-refractivity contribution in [2.45, 2.75) is 6.10 Å². The first-order chi connectivity index (χ1) is 12.7. The monoisotopic (exact) mass is 346 g/mol. The van der Waals surface area contributed by atoms with Gasteiger partial charge in [-0.25, -0.2) is 0 Å². The summed E-state index contributed by atoms with van der Waals surface area (Å²) in [4.78, 5) is 0. The molecule has 1 unspecified atom stereocenters. The van der Waals surface area contributed by atoms with E-state index in [-0.39, 0.29) is 0 Å². The van der Waals surface area contributed by atoms with Crippen molar-refractivity contribution in [2.75, 3.05) is 14.2 Å². The molecule has 132 valence electrons. The normalized spacial score (nSPS) is 12.5. The number of benzene rings is 3. The van der Waals surface area contributed by atoms with Crippen LogP contribution >= 0.6 is 0 Å². The molecule has 0 fully saturated rings. The molecule has 0 amide bonds. The van der Waals surface area contributed by atoms with Gasteiger partial charge in [-0.3, -0.25) is 0 Å². The van der Waals surface area contributed by atoms with Crippen molar-refractivity contribution in [3.63, 3.8) is 0 Å². The molecule has 1 N–H and O–H groups in total. The highest BCUT2D eigenvalue weighted by Crippen LogP contribution is 2.25. The Morgan fingerprint density at radius 1 is 0.846 bits per heavy atom. The van der Waals surface area contributed by atoms with E-state index in [4.69, 9.17) is 9.47 Å². The Kier molecular flexibility index (Phi) is 5.72. The highest BCUT2D eigenvalue weighted by atomic mass is 16.5. The average molecular weight is 346 g/mol. The van der Waals surface area contributed by atoms with Crippen molar-refractivity contribution in [3.05, 3.63) is 101 Å². The molecule has 3 nitrogen and oxygen atoms in total. The largest absolute Gasteiger partial charge is 0.497 e. The Morgan fingerprint density at radius 2 is 1.54 bits per heavy atom. The van der Waals surface area contributed by atoms with Gasteiger partial charge in [-0.2, -0.15) is 0 Å². The molecule has 3 heteroatoms. The fourth-order valence-electron chi connectivity index (χ4n) is 2.79. The van der Waals surface area contributed by atoms with Crippen LogP contribution in [0.3, 0.4) is 0 Å². The average Bonchev–Trinajstić information content (AvgIpc) is 2.72. The predicted molar refractivity (Wildman–Crippen MR) is 105 cm³/mol. The lowest BCUT2D eigenvalue weighted by Crippen LogP contribution is -1.99. The second-order valence-electron chi connectivity index (χ2n) is 5.92. The molecule has 1 atom stereocenters. The van der Waals surface area contributed by atoms with Crippen molar-refractivity contribution in [2.24, 2.45) is 0 Å². The highest BCUT2D eigenvalue weighted by molar-refractivity contribution is 5.77. The van der Waals surface area contributed by atoms with Crippen molar-refractivity contribution >= 4 is 11.8 Å². The van der Waals surface area contributed by atoms with Crippen molar-refractivity contribution < 1.29 is 14.6 Å². The molecule has 3 aromatic carbocycles. The van der Waals surface area contributed by atoms with Gasteiger partial charge in [0.25, 0.3) is 0 Å². The zero-order valence-corrected chi connectivity index (χ0v) is 14.9. The summed E-state index contributed by atoms with van der Waals surface area (Å²) in [5.41, 5.74) is 3.67. The third kappa shape index (κ3) is 4.13. The summed E-state index contributed by atoms with van der Waals surface area (Å²) in [6.07, 6.45) is 1.34. The summed E-state index contributed by atoms with van der Waals surface area (Å²) in [7, 11) is 3.30. The number of methoxy groups -OCH3 is 2. The molecule has 0 heterocycles. The summed E-state index contributed by atoms with van der Waals surface area (Å²) < 4.78 is 10.8. The first-order valence-electron chi connectivity index (χ1n) is 8.44. The highest BCUT2D eigenvalue weighted by Gasteiger charge is 2.10. The lowest BCUT2D eigenvalue weighted by Gasteiger charge is -2.12. The van der Waals surface area contributed by atoms with Crippen molar-refractivity contribution in [1.82, 2.24) is 0 Å². The van der Waals surface area contributed by atoms with E-state index in [2.05, 4.69) is 0 Å². The van der Waals surface area contributed by atoms with Crippen LogP contribution in [0.2, 0.25) is 0 Å². The maximum atomic E-state index is 10.5. The predicted octanol–water partition coefficient (Wildman–Crippen LogP) is 4.92. The van der Waals surface area contributed by atoms with E-state index in [1.54, 1.807) is 14.2 Å². The van der Waals surface area contributed by atoms with E-state index < -0.39 is 6.10 Å². The van der Waals surface area contributed by atoms with Gasteiger partial charge in [0.05, 0.1) is 14.2 Å². The molecule has 0 saturated carbocycles. The van der Waals surface area contributed by atoms with Crippen molar-refractivity contribution in [1.29, 1.82) is 0 Å². The Hall–Kier alpha value is -3.04. The molecule has 26 heavy (non-hydrogen) atoms. The first kappa shape index (κ1) is 17.8. The van der Waals surface area contributed by atoms with Crippen molar-refractivity contribution in [3.8, 4) is 5.75 Å². The van der Waals surface area contributed by atoms with Gasteiger partial charge in [0.15, 0.2) is 0 Å². The Balaban J connectivity index is 1.84. The third-order valence-corrected chi connectivity index (χ3v) is 4.24. The Morgan fingerprint density at radius 3 is 2.19 bits per heavy atom. The second-order valence-corrected chi connectivity index (χ2v) is 5.92. The van der Waals surface area contributed by atoms with Gasteiger partial charge >= 0.3 is 0 Å². The summed E-state index contributed by atoms with van der Waals surface area (Å²) in [6, 6.07) is 25.2. The Bertz CT molecular complexity index is 867. The number of hydrogen-bond acceptors (Lipinski definition) is 3. The number of rotatable bonds is 6. The minimum Gasteiger partial charge on any atom is -0.497 e. The summed E-state index contributed by atoms with van der Waals surface area (Å²) in [5, 5.41) is 10.5. The van der Waals surface area contributed by atoms with Crippen LogP contribution in [0.4, 0.5) is 0 Å². The Labute approximate surface area is 154 Å². The second kappa shape index (κ2) is 8.37. The van der Waals surface area contributed by atoms with E-state index in [0.717, 1.165) is 33.8 Å². The van der Waals surface area contributed by atoms with E-state index in [1.165, 1.54) is 0 Å². The lowest BCUT2D eigenvalue weighted by molar-refractivity contribution is 0.220. The molecule has 0 saturated heterocycles. The maximum Gasteiger partial charge on any atom is 0.126 e. The van der Waals surface area contributed by atoms with Crippen LogP contribution in [0.1, 0.15) is 28.4 Å². The molecular formula is C23H22O3. The van der Waals surface area contributed by atoms with E-state index in [0.29, 0.717) is 0 Å². The summed E-state index contributed by atoms with van der Waals surface area (Å²) in [5.74, 6) is 1.53. The first-order valence-corrected chi connectivity index (χ1v) is 8.44. The summed E-state index contributed by atoms with van der Waals surface area (Å²) >= 11 is 0. The molecule has 3 rings (SSSR count). The molecule has 0 bridgehead atoms. The maximum absolute atomic E-state index is 10.5. The molecule has 0 aliphatic heterocycles. The molecule has 0 aliphatic rings. The van der Waals surface area contributed by atoms with Gasteiger partial charge in [-0.15, -0.1) is 0 Å². The zero-order chi connectivity index (χ0) is 18.4. The smallest absolute Gasteiger partial charge is 0.126 e. The minimum absolute atomic E-state index is 0.630. The van der Waals surface area contributed by atoms with Crippen LogP contribution in [-0.2, 0) is 4.74 Å². The van der Waals surface area contributed by atoms with Gasteiger partial charge in [-0.05, 0) is 34.9 Å². The SMILES string of the molecule is CO/C(=C\c1ccc(C(O)c2ccccc2)cc1)c1cccc(OC)c1. The van der Waals surface area contributed by atoms with Crippen LogP contribution in [-0.4, -0.2) is 19.3 Å². The lowest BCUT2D eigenvalue weighted by atomic mass is 10.00. The topological polar surface area (TPSA) is 38.7 Å². The number of aliphatic hydroxyl groups is 1. The van der Waals surface area contributed by atoms with Gasteiger partial charge in [-0.1, -0.05) is 66.7 Å². The van der Waals surface area contributed by atoms with Gasteiger partial charge in [0, 0.05) is 5.56 Å². The third-order valence-electron chi connectivity index (χ3n) is 4.24. The number of ether oxygens (including phenoxy) is 2. The number of aliphatic hydroxyl groups excluding tert-OH is 1. The molecular weight excluding hydrogens is 324 g/mol. The quantitative estimate of drug-likeness (QED) is 0.508. The van der Waals surface area contributed by atoms with E-state index in [9.17, 15) is 5.11 Å². The molecule has 0 aliphatic carbocycles. The molecule has 0 aromatic heterocycles. The van der Waals surface area contributed by atoms with Gasteiger partial charge < -0.3 is 14.6 Å². The zero-order valence-electron chi connectivity index (χ0n) is 14.9. The van der Waals surface area contributed by atoms with E-state index in [1.807, 2.05) is 84.9 Å². The number of hydrogen-bond donors (Lipinski definition) is 1. The fraction of sp³-hybridized carbons (Fsp3) is 0.130. The van der Waals surface area contributed by atoms with Gasteiger partial charge in [0.2, 0.25) is 0 Å². The van der Waals surface area contributed by atoms with Crippen LogP contribution in [0.25, 0.3) is 11.8 Å². The van der Waals surface area contributed by atoms with Crippen LogP contribution in [0.15, 0.2) is 78.9 Å². The fourth-order valence-corrected chi connectivity index (χ4v) is 2.79. The molecule has 0 radical (unpaired) electrons. The van der Waals surface area contributed by atoms with E-state index >= 15 is 0 Å². The minimum atomic E-state index is -0.630. The standard InChI is InChI=1S/C23H22O3/c1-25-21-10-6-9-20(16-21)22(26-2)15-17-11-13-19(14-12-17)23(24)18-7-4-3-5-8-18/h3-16,23-24H,1-2H3/b22-15-. The van der Waals surface area contributed by atoms with Crippen LogP contribution < -0.4 is 4.74 Å². The van der Waals surface area contributed by atoms with Gasteiger partial charge in [0.1, 0.15) is 17.6 Å². The molecule has 0 spiro atoms.